The van der Waals surface area contributed by atoms with Gasteiger partial charge in [0.05, 0.1) is 13.7 Å². The summed E-state index contributed by atoms with van der Waals surface area (Å²) in [5.41, 5.74) is 1.75. The lowest BCUT2D eigenvalue weighted by Crippen LogP contribution is -2.38. The van der Waals surface area contributed by atoms with Gasteiger partial charge in [0.2, 0.25) is 5.54 Å². The van der Waals surface area contributed by atoms with Crippen molar-refractivity contribution in [1.29, 1.82) is 0 Å². The molecule has 0 saturated heterocycles. The van der Waals surface area contributed by atoms with Crippen molar-refractivity contribution in [3.05, 3.63) is 58.6 Å². The van der Waals surface area contributed by atoms with Crippen molar-refractivity contribution in [2.45, 2.75) is 19.4 Å². The summed E-state index contributed by atoms with van der Waals surface area (Å²) in [4.78, 5) is 10.6. The molecule has 0 fully saturated rings. The summed E-state index contributed by atoms with van der Waals surface area (Å²) in [7, 11) is 1.63. The van der Waals surface area contributed by atoms with Crippen molar-refractivity contribution in [1.82, 2.24) is 0 Å². The minimum atomic E-state index is -1.000. The summed E-state index contributed by atoms with van der Waals surface area (Å²) in [5.74, 6) is 0.809. The molecule has 0 spiro atoms. The predicted octanol–water partition coefficient (Wildman–Crippen LogP) is 3.91. The van der Waals surface area contributed by atoms with Crippen LogP contribution in [0.5, 0.6) is 5.75 Å². The third-order valence-electron chi connectivity index (χ3n) is 3.48. The third kappa shape index (κ3) is 4.60. The Morgan fingerprint density at radius 2 is 1.48 bits per heavy atom. The SMILES string of the molecule is COc1ccc(Nc2ccc(NCC(C)(C)[N+](=O)[O-])cc2)cc1. The van der Waals surface area contributed by atoms with E-state index >= 15 is 0 Å². The van der Waals surface area contributed by atoms with Gasteiger partial charge in [-0.25, -0.2) is 0 Å². The fourth-order valence-electron chi connectivity index (χ4n) is 1.90. The maximum absolute atomic E-state index is 10.9. The Balaban J connectivity index is 1.95. The number of methoxy groups -OCH3 is 1. The van der Waals surface area contributed by atoms with Gasteiger partial charge >= 0.3 is 0 Å². The van der Waals surface area contributed by atoms with E-state index in [2.05, 4.69) is 10.6 Å². The Bertz CT molecular complexity index is 652. The van der Waals surface area contributed by atoms with Gasteiger partial charge in [0, 0.05) is 35.8 Å². The van der Waals surface area contributed by atoms with Crippen LogP contribution < -0.4 is 15.4 Å². The smallest absolute Gasteiger partial charge is 0.233 e. The highest BCUT2D eigenvalue weighted by Gasteiger charge is 2.30. The van der Waals surface area contributed by atoms with Gasteiger partial charge < -0.3 is 15.4 Å². The molecule has 0 aliphatic carbocycles. The molecule has 2 aromatic carbocycles. The highest BCUT2D eigenvalue weighted by Crippen LogP contribution is 2.21. The van der Waals surface area contributed by atoms with Gasteiger partial charge in [-0.2, -0.15) is 0 Å². The van der Waals surface area contributed by atoms with E-state index in [-0.39, 0.29) is 11.5 Å². The third-order valence-corrected chi connectivity index (χ3v) is 3.48. The standard InChI is InChI=1S/C17H21N3O3/c1-17(2,20(21)22)12-18-13-4-6-14(7-5-13)19-15-8-10-16(23-3)11-9-15/h4-11,18-19H,12H2,1-3H3. The average molecular weight is 315 g/mol. The fourth-order valence-corrected chi connectivity index (χ4v) is 1.90. The first-order chi connectivity index (χ1) is 10.9. The van der Waals surface area contributed by atoms with E-state index < -0.39 is 5.54 Å². The van der Waals surface area contributed by atoms with Crippen molar-refractivity contribution in [2.75, 3.05) is 24.3 Å². The number of anilines is 3. The van der Waals surface area contributed by atoms with E-state index in [0.29, 0.717) is 0 Å². The lowest BCUT2D eigenvalue weighted by molar-refractivity contribution is -0.556. The number of benzene rings is 2. The summed E-state index contributed by atoms with van der Waals surface area (Å²) >= 11 is 0. The number of hydrogen-bond acceptors (Lipinski definition) is 5. The first kappa shape index (κ1) is 16.6. The maximum atomic E-state index is 10.9. The molecule has 2 aromatic rings. The molecule has 0 unspecified atom stereocenters. The van der Waals surface area contributed by atoms with Gasteiger partial charge in [0.1, 0.15) is 5.75 Å². The van der Waals surface area contributed by atoms with E-state index in [1.165, 1.54) is 0 Å². The second kappa shape index (κ2) is 7.00. The van der Waals surface area contributed by atoms with Crippen LogP contribution in [-0.4, -0.2) is 24.1 Å². The fraction of sp³-hybridized carbons (Fsp3) is 0.294. The van der Waals surface area contributed by atoms with Gasteiger partial charge in [-0.05, 0) is 48.5 Å². The molecule has 0 aliphatic rings. The van der Waals surface area contributed by atoms with Crippen LogP contribution in [0, 0.1) is 10.1 Å². The topological polar surface area (TPSA) is 76.4 Å². The Labute approximate surface area is 135 Å². The Kier molecular flexibility index (Phi) is 5.05. The number of rotatable bonds is 7. The number of nitrogens with zero attached hydrogens (tertiary/aromatic N) is 1. The molecule has 6 heteroatoms. The monoisotopic (exact) mass is 315 g/mol. The second-order valence-corrected chi connectivity index (χ2v) is 5.85. The van der Waals surface area contributed by atoms with E-state index in [1.54, 1.807) is 21.0 Å². The highest BCUT2D eigenvalue weighted by atomic mass is 16.6. The molecular formula is C17H21N3O3. The van der Waals surface area contributed by atoms with Crippen LogP contribution >= 0.6 is 0 Å². The van der Waals surface area contributed by atoms with Crippen LogP contribution in [-0.2, 0) is 0 Å². The zero-order chi connectivity index (χ0) is 16.9. The van der Waals surface area contributed by atoms with E-state index in [1.807, 2.05) is 48.5 Å². The maximum Gasteiger partial charge on any atom is 0.233 e. The minimum Gasteiger partial charge on any atom is -0.497 e. The molecule has 2 rings (SSSR count). The number of nitro groups is 1. The zero-order valence-corrected chi connectivity index (χ0v) is 13.5. The van der Waals surface area contributed by atoms with Crippen molar-refractivity contribution in [3.8, 4) is 5.75 Å². The van der Waals surface area contributed by atoms with Crippen molar-refractivity contribution < 1.29 is 9.66 Å². The van der Waals surface area contributed by atoms with Crippen LogP contribution in [0.15, 0.2) is 48.5 Å². The van der Waals surface area contributed by atoms with Crippen LogP contribution in [0.4, 0.5) is 17.1 Å². The molecule has 0 bridgehead atoms. The first-order valence-electron chi connectivity index (χ1n) is 7.30. The molecule has 0 radical (unpaired) electrons. The van der Waals surface area contributed by atoms with Gasteiger partial charge in [0.15, 0.2) is 0 Å². The summed E-state index contributed by atoms with van der Waals surface area (Å²) < 4.78 is 5.12. The van der Waals surface area contributed by atoms with Crippen LogP contribution in [0.2, 0.25) is 0 Å². The predicted molar refractivity (Wildman–Crippen MR) is 92.3 cm³/mol. The van der Waals surface area contributed by atoms with E-state index in [9.17, 15) is 10.1 Å². The van der Waals surface area contributed by atoms with Crippen molar-refractivity contribution in [3.63, 3.8) is 0 Å². The van der Waals surface area contributed by atoms with Gasteiger partial charge in [-0.3, -0.25) is 10.1 Å². The summed E-state index contributed by atoms with van der Waals surface area (Å²) in [6.45, 7) is 3.46. The molecule has 6 nitrogen and oxygen atoms in total. The largest absolute Gasteiger partial charge is 0.497 e. The Hall–Kier alpha value is -2.76. The number of nitrogens with one attached hydrogen (secondary N) is 2. The Morgan fingerprint density at radius 3 is 1.96 bits per heavy atom. The molecule has 2 N–H and O–H groups in total. The average Bonchev–Trinajstić information content (AvgIpc) is 2.55. The molecular weight excluding hydrogens is 294 g/mol. The van der Waals surface area contributed by atoms with E-state index in [0.717, 1.165) is 22.8 Å². The first-order valence-corrected chi connectivity index (χ1v) is 7.30. The number of ether oxygens (including phenoxy) is 1. The number of hydrogen-bond donors (Lipinski definition) is 2. The molecule has 0 heterocycles. The Morgan fingerprint density at radius 1 is 1.00 bits per heavy atom. The highest BCUT2D eigenvalue weighted by molar-refractivity contribution is 5.63. The summed E-state index contributed by atoms with van der Waals surface area (Å²) in [6, 6.07) is 15.3. The van der Waals surface area contributed by atoms with Crippen molar-refractivity contribution >= 4 is 17.1 Å². The van der Waals surface area contributed by atoms with E-state index in [4.69, 9.17) is 4.74 Å². The normalized spacial score (nSPS) is 10.9. The lowest BCUT2D eigenvalue weighted by Gasteiger charge is -2.17. The minimum absolute atomic E-state index is 0.269. The van der Waals surface area contributed by atoms with Gasteiger partial charge in [0.25, 0.3) is 0 Å². The lowest BCUT2D eigenvalue weighted by atomic mass is 10.1. The molecule has 0 aliphatic heterocycles. The summed E-state index contributed by atoms with van der Waals surface area (Å²) in [5, 5.41) is 17.3. The molecule has 0 amide bonds. The van der Waals surface area contributed by atoms with Gasteiger partial charge in [-0.1, -0.05) is 0 Å². The zero-order valence-electron chi connectivity index (χ0n) is 13.5. The molecule has 0 aromatic heterocycles. The molecule has 0 saturated carbocycles. The molecule has 0 atom stereocenters. The van der Waals surface area contributed by atoms with Gasteiger partial charge in [-0.15, -0.1) is 0 Å². The second-order valence-electron chi connectivity index (χ2n) is 5.85. The molecule has 122 valence electrons. The van der Waals surface area contributed by atoms with Crippen LogP contribution in [0.1, 0.15) is 13.8 Å². The van der Waals surface area contributed by atoms with Crippen molar-refractivity contribution in [2.24, 2.45) is 0 Å². The molecule has 23 heavy (non-hydrogen) atoms. The van der Waals surface area contributed by atoms with Crippen LogP contribution in [0.3, 0.4) is 0 Å². The van der Waals surface area contributed by atoms with Crippen LogP contribution in [0.25, 0.3) is 0 Å². The quantitative estimate of drug-likeness (QED) is 0.598. The summed E-state index contributed by atoms with van der Waals surface area (Å²) in [6.07, 6.45) is 0.